The molecule has 2 heterocycles. The van der Waals surface area contributed by atoms with Crippen molar-refractivity contribution in [1.29, 1.82) is 0 Å². The molecule has 10 aromatic rings. The number of hydrogen-bond donors (Lipinski definition) is 0. The van der Waals surface area contributed by atoms with Crippen LogP contribution in [0.3, 0.4) is 0 Å². The highest BCUT2D eigenvalue weighted by molar-refractivity contribution is 6.28. The van der Waals surface area contributed by atoms with E-state index in [0.29, 0.717) is 0 Å². The van der Waals surface area contributed by atoms with Gasteiger partial charge in [0.2, 0.25) is 0 Å². The second-order valence-electron chi connectivity index (χ2n) is 14.9. The normalized spacial score (nSPS) is 14.3. The van der Waals surface area contributed by atoms with E-state index in [1.807, 2.05) is 0 Å². The molecule has 0 unspecified atom stereocenters. The van der Waals surface area contributed by atoms with Gasteiger partial charge in [-0.3, -0.25) is 19.6 Å². The first-order valence-electron chi connectivity index (χ1n) is 19.6. The van der Waals surface area contributed by atoms with E-state index in [4.69, 9.17) is 0 Å². The van der Waals surface area contributed by atoms with Gasteiger partial charge in [-0.1, -0.05) is 170 Å². The molecule has 0 N–H and O–H groups in total. The lowest BCUT2D eigenvalue weighted by Crippen LogP contribution is -2.70. The minimum Gasteiger partial charge on any atom is -0.279 e. The summed E-state index contributed by atoms with van der Waals surface area (Å²) in [5.74, 6) is -1.09. The van der Waals surface area contributed by atoms with Crippen LogP contribution in [0, 0.1) is 0 Å². The molecular formula is C53H36N4. The van der Waals surface area contributed by atoms with E-state index in [1.54, 1.807) is 0 Å². The molecule has 10 aromatic carbocycles. The van der Waals surface area contributed by atoms with Crippen molar-refractivity contribution < 1.29 is 0 Å². The molecule has 0 aromatic heterocycles. The van der Waals surface area contributed by atoms with Crippen molar-refractivity contribution in [1.82, 2.24) is 0 Å². The Bertz CT molecular complexity index is 2720. The Labute approximate surface area is 331 Å². The van der Waals surface area contributed by atoms with E-state index in [1.165, 1.54) is 43.1 Å². The summed E-state index contributed by atoms with van der Waals surface area (Å²) >= 11 is 0. The molecule has 2 aliphatic rings. The molecule has 0 saturated carbocycles. The van der Waals surface area contributed by atoms with Crippen molar-refractivity contribution in [2.45, 2.75) is 5.91 Å². The summed E-state index contributed by atoms with van der Waals surface area (Å²) in [6.45, 7) is 0. The number of anilines is 8. The van der Waals surface area contributed by atoms with Crippen LogP contribution in [0.4, 0.5) is 45.5 Å². The van der Waals surface area contributed by atoms with Crippen molar-refractivity contribution in [3.63, 3.8) is 0 Å². The van der Waals surface area contributed by atoms with Crippen LogP contribution < -0.4 is 19.6 Å². The maximum Gasteiger partial charge on any atom is 0.295 e. The van der Waals surface area contributed by atoms with Gasteiger partial charge >= 0.3 is 0 Å². The minimum absolute atomic E-state index is 1.08. The zero-order valence-electron chi connectivity index (χ0n) is 31.1. The van der Waals surface area contributed by atoms with Crippen LogP contribution in [0.2, 0.25) is 0 Å². The van der Waals surface area contributed by atoms with E-state index >= 15 is 0 Å². The largest absolute Gasteiger partial charge is 0.295 e. The minimum atomic E-state index is -1.09. The predicted octanol–water partition coefficient (Wildman–Crippen LogP) is 14.2. The Hall–Kier alpha value is -7.56. The second kappa shape index (κ2) is 12.2. The number of hydrogen-bond acceptors (Lipinski definition) is 4. The summed E-state index contributed by atoms with van der Waals surface area (Å²) in [5.41, 5.74) is 8.96. The summed E-state index contributed by atoms with van der Waals surface area (Å²) in [4.78, 5) is 10.5. The average Bonchev–Trinajstić information content (AvgIpc) is 3.78. The fourth-order valence-electron chi connectivity index (χ4n) is 9.83. The van der Waals surface area contributed by atoms with E-state index in [2.05, 4.69) is 238 Å². The van der Waals surface area contributed by atoms with Gasteiger partial charge in [-0.2, -0.15) is 0 Å². The summed E-state index contributed by atoms with van der Waals surface area (Å²) in [5, 5.41) is 9.67. The van der Waals surface area contributed by atoms with Crippen LogP contribution in [-0.4, -0.2) is 5.91 Å². The molecule has 4 heteroatoms. The fourth-order valence-corrected chi connectivity index (χ4v) is 9.83. The maximum absolute atomic E-state index is 2.63. The Morgan fingerprint density at radius 3 is 0.579 bits per heavy atom. The topological polar surface area (TPSA) is 13.0 Å². The molecule has 268 valence electrons. The molecule has 0 bridgehead atoms. The maximum atomic E-state index is 2.63. The van der Waals surface area contributed by atoms with Crippen LogP contribution >= 0.6 is 0 Å². The molecule has 0 amide bonds. The highest BCUT2D eigenvalue weighted by Crippen LogP contribution is 2.68. The SMILES string of the molecule is c1ccc(N2c3c(c4ccccc4c4ccccc34)N(c3ccccc3)C23N(c2ccccc2)c2c(c4ccccc4c4ccccc24)N3c2ccccc2)cc1. The van der Waals surface area contributed by atoms with Crippen LogP contribution in [-0.2, 0) is 0 Å². The third-order valence-corrected chi connectivity index (χ3v) is 11.9. The van der Waals surface area contributed by atoms with E-state index in [-0.39, 0.29) is 0 Å². The zero-order valence-corrected chi connectivity index (χ0v) is 31.1. The molecule has 1 spiro atoms. The summed E-state index contributed by atoms with van der Waals surface area (Å²) in [6.07, 6.45) is 0. The number of benzene rings is 10. The molecule has 0 aliphatic carbocycles. The van der Waals surface area contributed by atoms with Crippen molar-refractivity contribution in [2.24, 2.45) is 0 Å². The first-order valence-corrected chi connectivity index (χ1v) is 19.6. The molecule has 12 rings (SSSR count). The zero-order chi connectivity index (χ0) is 37.5. The monoisotopic (exact) mass is 728 g/mol. The average molecular weight is 729 g/mol. The smallest absolute Gasteiger partial charge is 0.279 e. The predicted molar refractivity (Wildman–Crippen MR) is 240 cm³/mol. The van der Waals surface area contributed by atoms with Crippen LogP contribution in [0.25, 0.3) is 43.1 Å². The van der Waals surface area contributed by atoms with Gasteiger partial charge < -0.3 is 0 Å². The summed E-state index contributed by atoms with van der Waals surface area (Å²) < 4.78 is 0. The number of rotatable bonds is 4. The van der Waals surface area contributed by atoms with Gasteiger partial charge in [0, 0.05) is 44.3 Å². The molecule has 0 radical (unpaired) electrons. The Morgan fingerprint density at radius 1 is 0.193 bits per heavy atom. The van der Waals surface area contributed by atoms with Crippen LogP contribution in [0.1, 0.15) is 0 Å². The highest BCUT2D eigenvalue weighted by Gasteiger charge is 2.66. The lowest BCUT2D eigenvalue weighted by atomic mass is 9.97. The fraction of sp³-hybridized carbons (Fsp3) is 0.0189. The first-order chi connectivity index (χ1) is 28.4. The van der Waals surface area contributed by atoms with Gasteiger partial charge in [0.15, 0.2) is 0 Å². The Balaban J connectivity index is 1.39. The van der Waals surface area contributed by atoms with Gasteiger partial charge in [0.05, 0.1) is 22.7 Å². The van der Waals surface area contributed by atoms with Gasteiger partial charge in [0.25, 0.3) is 5.91 Å². The van der Waals surface area contributed by atoms with Crippen molar-refractivity contribution in [3.8, 4) is 0 Å². The third-order valence-electron chi connectivity index (χ3n) is 11.9. The molecular weight excluding hydrogens is 693 g/mol. The lowest BCUT2D eigenvalue weighted by molar-refractivity contribution is 0.481. The number of para-hydroxylation sites is 4. The van der Waals surface area contributed by atoms with E-state index in [0.717, 1.165) is 45.5 Å². The van der Waals surface area contributed by atoms with Crippen LogP contribution in [0.5, 0.6) is 0 Å². The van der Waals surface area contributed by atoms with Crippen LogP contribution in [0.15, 0.2) is 218 Å². The molecule has 2 aliphatic heterocycles. The highest BCUT2D eigenvalue weighted by atomic mass is 15.8. The van der Waals surface area contributed by atoms with Crippen molar-refractivity contribution >= 4 is 88.6 Å². The van der Waals surface area contributed by atoms with Gasteiger partial charge in [-0.25, -0.2) is 0 Å². The van der Waals surface area contributed by atoms with Gasteiger partial charge in [0.1, 0.15) is 0 Å². The van der Waals surface area contributed by atoms with Crippen molar-refractivity contribution in [3.05, 3.63) is 218 Å². The number of nitrogens with zero attached hydrogens (tertiary/aromatic N) is 4. The molecule has 57 heavy (non-hydrogen) atoms. The van der Waals surface area contributed by atoms with Gasteiger partial charge in [-0.05, 0) is 70.1 Å². The Kier molecular flexibility index (Phi) is 6.81. The van der Waals surface area contributed by atoms with E-state index in [9.17, 15) is 0 Å². The summed E-state index contributed by atoms with van der Waals surface area (Å²) in [7, 11) is 0. The quantitative estimate of drug-likeness (QED) is 0.167. The molecule has 4 nitrogen and oxygen atoms in total. The van der Waals surface area contributed by atoms with E-state index < -0.39 is 5.91 Å². The second-order valence-corrected chi connectivity index (χ2v) is 14.9. The molecule has 0 atom stereocenters. The lowest BCUT2D eigenvalue weighted by Gasteiger charge is -2.53. The standard InChI is InChI=1S/C53H36N4/c1-5-21-37(22-6-1)54-49-45-33-17-13-29-41(45)42-30-14-18-34-46(42)50(49)55(38-23-7-2-8-24-38)53(54)56(39-25-9-3-10-26-39)51-47-35-19-15-31-43(47)44-32-16-20-36-48(44)52(51)57(53)40-27-11-4-12-28-40/h1-36H. The van der Waals surface area contributed by atoms with Gasteiger partial charge in [-0.15, -0.1) is 0 Å². The molecule has 0 saturated heterocycles. The molecule has 0 fully saturated rings. The Morgan fingerprint density at radius 2 is 0.368 bits per heavy atom. The van der Waals surface area contributed by atoms with Crippen molar-refractivity contribution in [2.75, 3.05) is 19.6 Å². The third kappa shape index (κ3) is 4.27. The summed E-state index contributed by atoms with van der Waals surface area (Å²) in [6, 6.07) is 79.8. The first kappa shape index (κ1) is 31.8. The number of fused-ring (bicyclic) bond motifs is 12.